The van der Waals surface area contributed by atoms with Gasteiger partial charge < -0.3 is 11.5 Å². The molecule has 0 bridgehead atoms. The second-order valence-electron chi connectivity index (χ2n) is 7.31. The van der Waals surface area contributed by atoms with Gasteiger partial charge in [0.05, 0.1) is 11.2 Å². The van der Waals surface area contributed by atoms with Crippen LogP contribution in [0.15, 0.2) is 36.7 Å². The Hall–Kier alpha value is -3.17. The summed E-state index contributed by atoms with van der Waals surface area (Å²) in [6.45, 7) is 2.52. The third-order valence-corrected chi connectivity index (χ3v) is 5.23. The highest BCUT2D eigenvalue weighted by Gasteiger charge is 2.28. The number of aromatic nitrogens is 3. The number of primary amides is 1. The summed E-state index contributed by atoms with van der Waals surface area (Å²) < 4.78 is 14.3. The molecule has 29 heavy (non-hydrogen) atoms. The Morgan fingerprint density at radius 3 is 2.86 bits per heavy atom. The largest absolute Gasteiger partial charge is 0.382 e. The van der Waals surface area contributed by atoms with Gasteiger partial charge in [0.1, 0.15) is 23.7 Å². The second kappa shape index (κ2) is 7.69. The lowest BCUT2D eigenvalue weighted by molar-refractivity contribution is -0.125. The molecule has 8 nitrogen and oxygen atoms in total. The zero-order chi connectivity index (χ0) is 20.5. The summed E-state index contributed by atoms with van der Waals surface area (Å²) in [7, 11) is 1.88. The number of benzene rings is 1. The Balaban J connectivity index is 1.61. The number of anilines is 1. The van der Waals surface area contributed by atoms with Crippen molar-refractivity contribution in [3.63, 3.8) is 0 Å². The average molecular weight is 395 g/mol. The van der Waals surface area contributed by atoms with Crippen LogP contribution in [-0.2, 0) is 11.3 Å². The van der Waals surface area contributed by atoms with Crippen molar-refractivity contribution in [1.82, 2.24) is 24.8 Å². The van der Waals surface area contributed by atoms with Crippen LogP contribution < -0.4 is 11.5 Å². The fourth-order valence-electron chi connectivity index (χ4n) is 3.65. The Bertz CT molecular complexity index is 1070. The van der Waals surface area contributed by atoms with Crippen molar-refractivity contribution in [3.8, 4) is 11.3 Å². The summed E-state index contributed by atoms with van der Waals surface area (Å²) in [5, 5.41) is 0. The molecule has 1 fully saturated rings. The topological polar surface area (TPSA) is 114 Å². The van der Waals surface area contributed by atoms with Crippen LogP contribution in [0.1, 0.15) is 5.56 Å². The van der Waals surface area contributed by atoms with Crippen molar-refractivity contribution in [2.75, 3.05) is 32.4 Å². The Kier molecular flexibility index (Phi) is 5.08. The number of carbonyl (C=O) groups excluding carboxylic acids is 1. The Labute approximate surface area is 167 Å². The van der Waals surface area contributed by atoms with Gasteiger partial charge in [-0.2, -0.15) is 0 Å². The van der Waals surface area contributed by atoms with Crippen LogP contribution in [0.4, 0.5) is 10.2 Å². The number of likely N-dealkylation sites (N-methyl/N-ethyl adjacent to an activating group) is 1. The number of halogens is 1. The number of piperazine rings is 1. The molecule has 150 valence electrons. The minimum absolute atomic E-state index is 0.281. The maximum atomic E-state index is 14.3. The number of carbonyl (C=O) groups is 1. The first-order chi connectivity index (χ1) is 13.9. The van der Waals surface area contributed by atoms with Gasteiger partial charge in [-0.3, -0.25) is 14.6 Å². The molecular formula is C20H22FN7O. The lowest BCUT2D eigenvalue weighted by Crippen LogP contribution is -2.56. The fraction of sp³-hybridized carbons (Fsp3) is 0.300. The minimum atomic E-state index is -0.350. The molecule has 1 unspecified atom stereocenters. The van der Waals surface area contributed by atoms with E-state index in [9.17, 15) is 9.18 Å². The highest BCUT2D eigenvalue weighted by atomic mass is 19.1. The van der Waals surface area contributed by atoms with Crippen molar-refractivity contribution < 1.29 is 9.18 Å². The minimum Gasteiger partial charge on any atom is -0.382 e. The van der Waals surface area contributed by atoms with Gasteiger partial charge in [0.25, 0.3) is 0 Å². The van der Waals surface area contributed by atoms with E-state index in [0.717, 1.165) is 18.7 Å². The van der Waals surface area contributed by atoms with Crippen LogP contribution in [0.5, 0.6) is 0 Å². The van der Waals surface area contributed by atoms with E-state index < -0.39 is 0 Å². The molecule has 1 atom stereocenters. The Morgan fingerprint density at radius 2 is 2.07 bits per heavy atom. The van der Waals surface area contributed by atoms with E-state index in [1.807, 2.05) is 18.0 Å². The van der Waals surface area contributed by atoms with Gasteiger partial charge in [0, 0.05) is 31.7 Å². The van der Waals surface area contributed by atoms with Crippen molar-refractivity contribution in [2.24, 2.45) is 5.73 Å². The molecule has 0 spiro atoms. The van der Waals surface area contributed by atoms with Gasteiger partial charge in [0.15, 0.2) is 5.82 Å². The lowest BCUT2D eigenvalue weighted by Gasteiger charge is -2.37. The molecule has 0 saturated carbocycles. The van der Waals surface area contributed by atoms with Gasteiger partial charge in [-0.05, 0) is 42.9 Å². The summed E-state index contributed by atoms with van der Waals surface area (Å²) in [5.41, 5.74) is 14.5. The highest BCUT2D eigenvalue weighted by molar-refractivity contribution is 5.85. The van der Waals surface area contributed by atoms with Gasteiger partial charge in [-0.1, -0.05) is 0 Å². The van der Waals surface area contributed by atoms with Crippen molar-refractivity contribution in [1.29, 1.82) is 0 Å². The van der Waals surface area contributed by atoms with Crippen LogP contribution in [0.3, 0.4) is 0 Å². The van der Waals surface area contributed by atoms with E-state index in [1.165, 1.54) is 18.5 Å². The number of rotatable bonds is 4. The van der Waals surface area contributed by atoms with Crippen LogP contribution in [0, 0.1) is 5.82 Å². The number of nitrogens with two attached hydrogens (primary N) is 2. The summed E-state index contributed by atoms with van der Waals surface area (Å²) in [6, 6.07) is 8.06. The predicted molar refractivity (Wildman–Crippen MR) is 108 cm³/mol. The number of fused-ring (bicyclic) bond motifs is 1. The average Bonchev–Trinajstić information content (AvgIpc) is 2.69. The number of nitrogens with zero attached hydrogens (tertiary/aromatic N) is 5. The smallest absolute Gasteiger partial charge is 0.236 e. The fourth-order valence-corrected chi connectivity index (χ4v) is 3.65. The van der Waals surface area contributed by atoms with E-state index in [-0.39, 0.29) is 23.6 Å². The maximum Gasteiger partial charge on any atom is 0.236 e. The van der Waals surface area contributed by atoms with Gasteiger partial charge in [0.2, 0.25) is 5.91 Å². The molecule has 1 aliphatic rings. The molecule has 1 saturated heterocycles. The third-order valence-electron chi connectivity index (χ3n) is 5.23. The van der Waals surface area contributed by atoms with E-state index in [2.05, 4.69) is 19.9 Å². The van der Waals surface area contributed by atoms with Crippen LogP contribution in [0.25, 0.3) is 22.3 Å². The number of nitrogen functional groups attached to an aromatic ring is 1. The first kappa shape index (κ1) is 19.2. The quantitative estimate of drug-likeness (QED) is 0.678. The molecule has 3 aromatic rings. The zero-order valence-corrected chi connectivity index (χ0v) is 16.0. The van der Waals surface area contributed by atoms with Gasteiger partial charge >= 0.3 is 0 Å². The van der Waals surface area contributed by atoms with Gasteiger partial charge in [-0.15, -0.1) is 0 Å². The first-order valence-corrected chi connectivity index (χ1v) is 9.29. The van der Waals surface area contributed by atoms with Crippen LogP contribution >= 0.6 is 0 Å². The van der Waals surface area contributed by atoms with E-state index >= 15 is 0 Å². The van der Waals surface area contributed by atoms with Gasteiger partial charge in [-0.25, -0.2) is 19.3 Å². The molecule has 1 aromatic carbocycles. The van der Waals surface area contributed by atoms with E-state index in [4.69, 9.17) is 11.5 Å². The second-order valence-corrected chi connectivity index (χ2v) is 7.31. The lowest BCUT2D eigenvalue weighted by atomic mass is 10.1. The standard InChI is InChI=1S/C20H22FN7O/c1-27-4-5-28(10-17(27)20(23)29)9-12-6-13(8-14(21)7-12)15-2-3-16-18(26-15)19(22)25-11-24-16/h2-3,6-8,11,17H,4-5,9-10H2,1H3,(H2,23,29)(H2,22,24,25). The number of pyridine rings is 1. The predicted octanol–water partition coefficient (Wildman–Crippen LogP) is 1.01. The molecular weight excluding hydrogens is 373 g/mol. The molecule has 1 amide bonds. The molecule has 2 aromatic heterocycles. The highest BCUT2D eigenvalue weighted by Crippen LogP contribution is 2.25. The normalized spacial score (nSPS) is 18.2. The summed E-state index contributed by atoms with van der Waals surface area (Å²) >= 11 is 0. The Morgan fingerprint density at radius 1 is 1.24 bits per heavy atom. The summed E-state index contributed by atoms with van der Waals surface area (Å²) in [6.07, 6.45) is 1.38. The van der Waals surface area contributed by atoms with Crippen molar-refractivity contribution in [2.45, 2.75) is 12.6 Å². The van der Waals surface area contributed by atoms with E-state index in [0.29, 0.717) is 35.4 Å². The SMILES string of the molecule is CN1CCN(Cc2cc(F)cc(-c3ccc4ncnc(N)c4n3)c2)CC1C(N)=O. The van der Waals surface area contributed by atoms with Crippen LogP contribution in [0.2, 0.25) is 0 Å². The maximum absolute atomic E-state index is 14.3. The molecule has 0 radical (unpaired) electrons. The summed E-state index contributed by atoms with van der Waals surface area (Å²) in [4.78, 5) is 28.3. The van der Waals surface area contributed by atoms with E-state index in [1.54, 1.807) is 12.1 Å². The summed E-state index contributed by atoms with van der Waals surface area (Å²) in [5.74, 6) is -0.419. The molecule has 9 heteroatoms. The number of hydrogen-bond acceptors (Lipinski definition) is 7. The van der Waals surface area contributed by atoms with Crippen molar-refractivity contribution in [3.05, 3.63) is 48.0 Å². The number of hydrogen-bond donors (Lipinski definition) is 2. The zero-order valence-electron chi connectivity index (χ0n) is 16.0. The monoisotopic (exact) mass is 395 g/mol. The molecule has 4 N–H and O–H groups in total. The molecule has 4 rings (SSSR count). The van der Waals surface area contributed by atoms with Crippen LogP contribution in [-0.4, -0.2) is 63.4 Å². The van der Waals surface area contributed by atoms with Crippen molar-refractivity contribution >= 4 is 22.8 Å². The molecule has 0 aliphatic carbocycles. The first-order valence-electron chi connectivity index (χ1n) is 9.29. The molecule has 3 heterocycles. The molecule has 1 aliphatic heterocycles. The number of amides is 1. The third kappa shape index (κ3) is 4.01.